The molecule has 1 atom stereocenters. The number of amides is 1. The van der Waals surface area contributed by atoms with E-state index in [-0.39, 0.29) is 0 Å². The summed E-state index contributed by atoms with van der Waals surface area (Å²) in [5.74, 6) is 0.372. The van der Waals surface area contributed by atoms with Crippen molar-refractivity contribution in [1.29, 1.82) is 0 Å². The quantitative estimate of drug-likeness (QED) is 0.173. The van der Waals surface area contributed by atoms with Crippen LogP contribution in [0.3, 0.4) is 0 Å². The van der Waals surface area contributed by atoms with Crippen molar-refractivity contribution in [3.8, 4) is 0 Å². The van der Waals surface area contributed by atoms with Gasteiger partial charge in [-0.1, -0.05) is 140 Å². The van der Waals surface area contributed by atoms with E-state index in [1.807, 2.05) is 0 Å². The van der Waals surface area contributed by atoms with E-state index in [9.17, 15) is 4.79 Å². The molecule has 0 aliphatic carbocycles. The zero-order valence-electron chi connectivity index (χ0n) is 23.3. The third-order valence-corrected chi connectivity index (χ3v) is 7.94. The van der Waals surface area contributed by atoms with E-state index < -0.39 is 0 Å². The minimum absolute atomic E-state index is 0.372. The second kappa shape index (κ2) is 19.8. The first-order chi connectivity index (χ1) is 17.2. The van der Waals surface area contributed by atoms with E-state index >= 15 is 0 Å². The average molecular weight is 485 g/mol. The van der Waals surface area contributed by atoms with Gasteiger partial charge in [-0.25, -0.2) is 0 Å². The topological polar surface area (TPSA) is 23.6 Å². The molecule has 0 aromatic heterocycles. The summed E-state index contributed by atoms with van der Waals surface area (Å²) in [6.45, 7) is 5.05. The third kappa shape index (κ3) is 14.1. The van der Waals surface area contributed by atoms with Crippen molar-refractivity contribution in [2.24, 2.45) is 0 Å². The molecule has 1 heterocycles. The molecule has 1 amide bonds. The standard InChI is InChI=1S/C32H56N2O/c1-3-4-5-6-7-8-9-10-11-12-13-14-15-16-17-18-22-25-32(35)34-27-26-33(2)31(29-34)28-30-23-20-19-21-24-30/h19-21,23-24,31H,3-18,22,25-29H2,1-2H3. The predicted octanol–water partition coefficient (Wildman–Crippen LogP) is 8.41. The van der Waals surface area contributed by atoms with Gasteiger partial charge < -0.3 is 4.90 Å². The van der Waals surface area contributed by atoms with Gasteiger partial charge in [-0.15, -0.1) is 0 Å². The highest BCUT2D eigenvalue weighted by Crippen LogP contribution is 2.17. The first-order valence-electron chi connectivity index (χ1n) is 15.2. The number of nitrogens with zero attached hydrogens (tertiary/aromatic N) is 2. The smallest absolute Gasteiger partial charge is 0.222 e. The Kier molecular flexibility index (Phi) is 16.9. The molecule has 2 rings (SSSR count). The zero-order chi connectivity index (χ0) is 25.0. The summed E-state index contributed by atoms with van der Waals surface area (Å²) in [4.78, 5) is 17.3. The number of likely N-dealkylation sites (N-methyl/N-ethyl adjacent to an activating group) is 1. The van der Waals surface area contributed by atoms with Crippen molar-refractivity contribution >= 4 is 5.91 Å². The molecule has 35 heavy (non-hydrogen) atoms. The highest BCUT2D eigenvalue weighted by Gasteiger charge is 2.26. The maximum atomic E-state index is 12.8. The molecule has 1 unspecified atom stereocenters. The molecule has 1 fully saturated rings. The van der Waals surface area contributed by atoms with Crippen molar-refractivity contribution in [3.63, 3.8) is 0 Å². The van der Waals surface area contributed by atoms with Gasteiger partial charge in [-0.2, -0.15) is 0 Å². The summed E-state index contributed by atoms with van der Waals surface area (Å²) in [5, 5.41) is 0. The summed E-state index contributed by atoms with van der Waals surface area (Å²) in [7, 11) is 2.20. The number of unbranched alkanes of at least 4 members (excludes halogenated alkanes) is 16. The van der Waals surface area contributed by atoms with E-state index in [1.165, 1.54) is 108 Å². The largest absolute Gasteiger partial charge is 0.340 e. The van der Waals surface area contributed by atoms with Crippen LogP contribution in [0, 0.1) is 0 Å². The molecule has 200 valence electrons. The van der Waals surface area contributed by atoms with Crippen LogP contribution in [0.5, 0.6) is 0 Å². The zero-order valence-corrected chi connectivity index (χ0v) is 23.3. The summed E-state index contributed by atoms with van der Waals surface area (Å²) >= 11 is 0. The maximum absolute atomic E-state index is 12.8. The third-order valence-electron chi connectivity index (χ3n) is 7.94. The fraction of sp³-hybridized carbons (Fsp3) is 0.781. The normalized spacial score (nSPS) is 16.6. The van der Waals surface area contributed by atoms with Gasteiger partial charge in [0.2, 0.25) is 5.91 Å². The molecule has 0 bridgehead atoms. The van der Waals surface area contributed by atoms with Crippen LogP contribution in [0.25, 0.3) is 0 Å². The average Bonchev–Trinajstić information content (AvgIpc) is 2.87. The Labute approximate surface area is 218 Å². The summed E-state index contributed by atoms with van der Waals surface area (Å²) < 4.78 is 0. The number of hydrogen-bond acceptors (Lipinski definition) is 2. The molecule has 0 N–H and O–H groups in total. The second-order valence-corrected chi connectivity index (χ2v) is 11.1. The molecule has 1 aliphatic rings. The Morgan fingerprint density at radius 1 is 0.714 bits per heavy atom. The van der Waals surface area contributed by atoms with Gasteiger partial charge in [0.25, 0.3) is 0 Å². The van der Waals surface area contributed by atoms with Crippen LogP contribution in [-0.2, 0) is 11.2 Å². The number of benzene rings is 1. The lowest BCUT2D eigenvalue weighted by atomic mass is 10.0. The van der Waals surface area contributed by atoms with Crippen molar-refractivity contribution in [2.75, 3.05) is 26.7 Å². The fourth-order valence-electron chi connectivity index (χ4n) is 5.44. The molecule has 3 nitrogen and oxygen atoms in total. The Hall–Kier alpha value is -1.35. The van der Waals surface area contributed by atoms with Crippen LogP contribution < -0.4 is 0 Å². The van der Waals surface area contributed by atoms with Crippen molar-refractivity contribution in [2.45, 2.75) is 135 Å². The number of piperazine rings is 1. The van der Waals surface area contributed by atoms with Gasteiger partial charge in [0, 0.05) is 32.1 Å². The van der Waals surface area contributed by atoms with Crippen LogP contribution in [0.2, 0.25) is 0 Å². The molecule has 1 aromatic rings. The van der Waals surface area contributed by atoms with Crippen LogP contribution in [0.15, 0.2) is 30.3 Å². The number of rotatable bonds is 20. The molecular weight excluding hydrogens is 428 g/mol. The number of carbonyl (C=O) groups excluding carboxylic acids is 1. The van der Waals surface area contributed by atoms with Gasteiger partial charge in [0.1, 0.15) is 0 Å². The van der Waals surface area contributed by atoms with Gasteiger partial charge in [0.05, 0.1) is 0 Å². The Bertz CT molecular complexity index is 632. The van der Waals surface area contributed by atoms with Crippen molar-refractivity contribution in [3.05, 3.63) is 35.9 Å². The van der Waals surface area contributed by atoms with Crippen LogP contribution >= 0.6 is 0 Å². The lowest BCUT2D eigenvalue weighted by molar-refractivity contribution is -0.134. The minimum atomic E-state index is 0.372. The first kappa shape index (κ1) is 29.9. The molecule has 3 heteroatoms. The van der Waals surface area contributed by atoms with Crippen molar-refractivity contribution < 1.29 is 4.79 Å². The minimum Gasteiger partial charge on any atom is -0.340 e. The molecule has 0 radical (unpaired) electrons. The van der Waals surface area contributed by atoms with Crippen LogP contribution in [-0.4, -0.2) is 48.4 Å². The second-order valence-electron chi connectivity index (χ2n) is 11.1. The number of carbonyl (C=O) groups is 1. The summed E-state index contributed by atoms with van der Waals surface area (Å²) in [5.41, 5.74) is 1.37. The monoisotopic (exact) mass is 484 g/mol. The van der Waals surface area contributed by atoms with E-state index in [4.69, 9.17) is 0 Å². The van der Waals surface area contributed by atoms with Crippen LogP contribution in [0.4, 0.5) is 0 Å². The lowest BCUT2D eigenvalue weighted by Gasteiger charge is -2.39. The molecule has 0 saturated carbocycles. The lowest BCUT2D eigenvalue weighted by Crippen LogP contribution is -2.54. The molecule has 1 saturated heterocycles. The van der Waals surface area contributed by atoms with E-state index in [0.717, 1.165) is 38.9 Å². The van der Waals surface area contributed by atoms with E-state index in [1.54, 1.807) is 0 Å². The molecule has 1 aromatic carbocycles. The molecular formula is C32H56N2O. The Morgan fingerprint density at radius 2 is 1.20 bits per heavy atom. The highest BCUT2D eigenvalue weighted by molar-refractivity contribution is 5.76. The first-order valence-corrected chi connectivity index (χ1v) is 15.2. The van der Waals surface area contributed by atoms with E-state index in [0.29, 0.717) is 11.9 Å². The molecule has 0 spiro atoms. The number of hydrogen-bond donors (Lipinski definition) is 0. The summed E-state index contributed by atoms with van der Waals surface area (Å²) in [6, 6.07) is 11.1. The highest BCUT2D eigenvalue weighted by atomic mass is 16.2. The SMILES string of the molecule is CCCCCCCCCCCCCCCCCCCC(=O)N1CCN(C)C(Cc2ccccc2)C1. The van der Waals surface area contributed by atoms with Gasteiger partial charge in [-0.05, 0) is 25.5 Å². The van der Waals surface area contributed by atoms with Gasteiger partial charge in [0.15, 0.2) is 0 Å². The summed E-state index contributed by atoms with van der Waals surface area (Å²) in [6.07, 6.45) is 25.2. The van der Waals surface area contributed by atoms with Crippen LogP contribution in [0.1, 0.15) is 128 Å². The maximum Gasteiger partial charge on any atom is 0.222 e. The van der Waals surface area contributed by atoms with E-state index in [2.05, 4.69) is 54.1 Å². The fourth-order valence-corrected chi connectivity index (χ4v) is 5.44. The van der Waals surface area contributed by atoms with Gasteiger partial charge >= 0.3 is 0 Å². The predicted molar refractivity (Wildman–Crippen MR) is 152 cm³/mol. The molecule has 1 aliphatic heterocycles. The van der Waals surface area contributed by atoms with Gasteiger partial charge in [-0.3, -0.25) is 9.69 Å². The Morgan fingerprint density at radius 3 is 1.71 bits per heavy atom. The Balaban J connectivity index is 1.39. The van der Waals surface area contributed by atoms with Crippen molar-refractivity contribution in [1.82, 2.24) is 9.80 Å².